The number of nitro benzene ring substituents is 1. The van der Waals surface area contributed by atoms with Crippen LogP contribution in [0.15, 0.2) is 46.5 Å². The van der Waals surface area contributed by atoms with Gasteiger partial charge in [0.05, 0.1) is 16.2 Å². The van der Waals surface area contributed by atoms with E-state index in [1.165, 1.54) is 46.4 Å². The van der Waals surface area contributed by atoms with Crippen LogP contribution in [-0.4, -0.2) is 61.4 Å². The lowest BCUT2D eigenvalue weighted by Gasteiger charge is -2.29. The molecule has 0 bridgehead atoms. The Hall–Kier alpha value is -3.54. The van der Waals surface area contributed by atoms with Crippen molar-refractivity contribution in [2.45, 2.75) is 12.8 Å². The topological polar surface area (TPSA) is 139 Å². The van der Waals surface area contributed by atoms with Crippen molar-refractivity contribution < 1.29 is 27.7 Å². The number of fused-ring (bicyclic) bond motifs is 2. The summed E-state index contributed by atoms with van der Waals surface area (Å²) in [5, 5.41) is 11.0. The van der Waals surface area contributed by atoms with Crippen LogP contribution in [-0.2, 0) is 30.8 Å². The first-order valence-corrected chi connectivity index (χ1v) is 11.1. The van der Waals surface area contributed by atoms with E-state index >= 15 is 0 Å². The fourth-order valence-corrected chi connectivity index (χ4v) is 4.54. The quantitative estimate of drug-likeness (QED) is 0.378. The molecule has 1 amide bonds. The molecule has 1 aromatic rings. The van der Waals surface area contributed by atoms with Gasteiger partial charge in [0.15, 0.2) is 6.61 Å². The molecule has 0 atom stereocenters. The first kappa shape index (κ1) is 20.7. The minimum Gasteiger partial charge on any atom is -0.452 e. The smallest absolute Gasteiger partial charge is 0.340 e. The zero-order chi connectivity index (χ0) is 22.2. The third-order valence-corrected chi connectivity index (χ3v) is 6.24. The maximum absolute atomic E-state index is 12.6. The molecule has 162 valence electrons. The Morgan fingerprint density at radius 1 is 1.23 bits per heavy atom. The number of ether oxygens (including phenoxy) is 1. The van der Waals surface area contributed by atoms with E-state index in [9.17, 15) is 28.1 Å². The molecule has 4 rings (SSSR count). The van der Waals surface area contributed by atoms with Crippen LogP contribution in [0, 0.1) is 10.1 Å². The van der Waals surface area contributed by atoms with Crippen molar-refractivity contribution in [2.75, 3.05) is 30.3 Å². The van der Waals surface area contributed by atoms with Gasteiger partial charge >= 0.3 is 5.97 Å². The van der Waals surface area contributed by atoms with Crippen LogP contribution in [0.3, 0.4) is 0 Å². The Kier molecular flexibility index (Phi) is 5.31. The Labute approximate surface area is 177 Å². The summed E-state index contributed by atoms with van der Waals surface area (Å²) in [6.07, 6.45) is 5.49. The van der Waals surface area contributed by atoms with Crippen molar-refractivity contribution in [1.29, 1.82) is 0 Å². The molecule has 0 saturated heterocycles. The lowest BCUT2D eigenvalue weighted by Crippen LogP contribution is -2.39. The molecule has 0 aliphatic carbocycles. The predicted molar refractivity (Wildman–Crippen MR) is 110 cm³/mol. The highest BCUT2D eigenvalue weighted by atomic mass is 32.2. The molecule has 31 heavy (non-hydrogen) atoms. The normalized spacial score (nSPS) is 19.0. The molecule has 0 saturated carbocycles. The monoisotopic (exact) mass is 446 g/mol. The number of amidine groups is 1. The van der Waals surface area contributed by atoms with Crippen LogP contribution in [0.5, 0.6) is 0 Å². The van der Waals surface area contributed by atoms with Crippen LogP contribution in [0.1, 0.15) is 12.0 Å². The maximum Gasteiger partial charge on any atom is 0.340 e. The summed E-state index contributed by atoms with van der Waals surface area (Å²) in [5.41, 5.74) is 1.40. The van der Waals surface area contributed by atoms with Crippen molar-refractivity contribution in [1.82, 2.24) is 4.90 Å². The number of esters is 1. The van der Waals surface area contributed by atoms with E-state index in [0.29, 0.717) is 30.6 Å². The fourth-order valence-electron chi connectivity index (χ4n) is 3.57. The molecule has 0 fully saturated rings. The predicted octanol–water partition coefficient (Wildman–Crippen LogP) is 0.915. The molecular weight excluding hydrogens is 428 g/mol. The van der Waals surface area contributed by atoms with Crippen LogP contribution >= 0.6 is 0 Å². The van der Waals surface area contributed by atoms with Gasteiger partial charge in [0.25, 0.3) is 21.6 Å². The van der Waals surface area contributed by atoms with Gasteiger partial charge in [-0.05, 0) is 36.6 Å². The highest BCUT2D eigenvalue weighted by Gasteiger charge is 2.27. The summed E-state index contributed by atoms with van der Waals surface area (Å²) in [6.45, 7) is 0.0968. The van der Waals surface area contributed by atoms with Gasteiger partial charge < -0.3 is 14.5 Å². The second kappa shape index (κ2) is 7.95. The fraction of sp³-hybridized carbons (Fsp3) is 0.316. The molecule has 0 N–H and O–H groups in total. The average Bonchev–Trinajstić information content (AvgIpc) is 2.75. The van der Waals surface area contributed by atoms with Gasteiger partial charge in [0, 0.05) is 37.1 Å². The van der Waals surface area contributed by atoms with Crippen LogP contribution in [0.25, 0.3) is 0 Å². The number of benzene rings is 1. The standard InChI is InChI=1S/C19H18N4O7S/c24-18(22-7-1-2-13-10-15(23(26)27)4-5-16(13)22)12-30-19(25)14-3-6-17-20-31(28,29)9-8-21(17)11-14/h3-6,10-11H,1-2,7-9,12H2. The first-order chi connectivity index (χ1) is 14.7. The van der Waals surface area contributed by atoms with Crippen molar-refractivity contribution in [3.05, 3.63) is 57.8 Å². The van der Waals surface area contributed by atoms with Crippen molar-refractivity contribution in [3.63, 3.8) is 0 Å². The van der Waals surface area contributed by atoms with Gasteiger partial charge in [0.2, 0.25) is 0 Å². The first-order valence-electron chi connectivity index (χ1n) is 9.47. The molecule has 0 aromatic heterocycles. The highest BCUT2D eigenvalue weighted by Crippen LogP contribution is 2.30. The van der Waals surface area contributed by atoms with E-state index in [2.05, 4.69) is 4.40 Å². The molecule has 3 aliphatic heterocycles. The second-order valence-corrected chi connectivity index (χ2v) is 8.90. The number of rotatable bonds is 4. The molecule has 0 radical (unpaired) electrons. The number of nitro groups is 1. The van der Waals surface area contributed by atoms with Gasteiger partial charge in [-0.1, -0.05) is 0 Å². The highest BCUT2D eigenvalue weighted by molar-refractivity contribution is 7.90. The average molecular weight is 446 g/mol. The Morgan fingerprint density at radius 3 is 2.81 bits per heavy atom. The van der Waals surface area contributed by atoms with E-state index < -0.39 is 33.4 Å². The Morgan fingerprint density at radius 2 is 2.03 bits per heavy atom. The van der Waals surface area contributed by atoms with Gasteiger partial charge in [0.1, 0.15) is 5.84 Å². The Balaban J connectivity index is 1.41. The molecule has 3 aliphatic rings. The number of hydrogen-bond donors (Lipinski definition) is 0. The molecule has 3 heterocycles. The van der Waals surface area contributed by atoms with Crippen LogP contribution < -0.4 is 4.90 Å². The number of amides is 1. The van der Waals surface area contributed by atoms with Gasteiger partial charge in [-0.3, -0.25) is 14.9 Å². The number of nitrogens with zero attached hydrogens (tertiary/aromatic N) is 4. The Bertz CT molecular complexity index is 1170. The van der Waals surface area contributed by atoms with E-state index in [1.54, 1.807) is 0 Å². The number of aryl methyl sites for hydroxylation is 1. The van der Waals surface area contributed by atoms with Crippen molar-refractivity contribution >= 4 is 39.1 Å². The molecule has 0 spiro atoms. The summed E-state index contributed by atoms with van der Waals surface area (Å²) in [6, 6.07) is 4.33. The number of sulfonamides is 1. The third-order valence-electron chi connectivity index (χ3n) is 5.08. The summed E-state index contributed by atoms with van der Waals surface area (Å²) in [5.74, 6) is -1.10. The SMILES string of the molecule is O=C(OCC(=O)N1CCCc2cc([N+](=O)[O-])ccc21)C1=CN2CCS(=O)(=O)N=C2C=C1. The molecule has 12 heteroatoms. The maximum atomic E-state index is 12.6. The third kappa shape index (κ3) is 4.33. The minimum atomic E-state index is -3.49. The lowest BCUT2D eigenvalue weighted by molar-refractivity contribution is -0.384. The van der Waals surface area contributed by atoms with Crippen molar-refractivity contribution in [2.24, 2.45) is 4.40 Å². The van der Waals surface area contributed by atoms with Crippen molar-refractivity contribution in [3.8, 4) is 0 Å². The number of carbonyl (C=O) groups excluding carboxylic acids is 2. The van der Waals surface area contributed by atoms with Crippen LogP contribution in [0.4, 0.5) is 11.4 Å². The second-order valence-electron chi connectivity index (χ2n) is 7.14. The van der Waals surface area contributed by atoms with E-state index in [0.717, 1.165) is 0 Å². The van der Waals surface area contributed by atoms with Crippen LogP contribution in [0.2, 0.25) is 0 Å². The van der Waals surface area contributed by atoms with Gasteiger partial charge in [-0.2, -0.15) is 0 Å². The largest absolute Gasteiger partial charge is 0.452 e. The molecule has 0 unspecified atom stereocenters. The number of non-ortho nitro benzene ring substituents is 1. The molecule has 11 nitrogen and oxygen atoms in total. The van der Waals surface area contributed by atoms with Gasteiger partial charge in [-0.25, -0.2) is 13.2 Å². The van der Waals surface area contributed by atoms with E-state index in [-0.39, 0.29) is 29.4 Å². The zero-order valence-corrected chi connectivity index (χ0v) is 17.1. The number of hydrogen-bond acceptors (Lipinski definition) is 8. The van der Waals surface area contributed by atoms with E-state index in [1.807, 2.05) is 0 Å². The minimum absolute atomic E-state index is 0.0380. The zero-order valence-electron chi connectivity index (χ0n) is 16.3. The summed E-state index contributed by atoms with van der Waals surface area (Å²) < 4.78 is 31.9. The number of carbonyl (C=O) groups is 2. The molecule has 1 aromatic carbocycles. The summed E-state index contributed by atoms with van der Waals surface area (Å²) >= 11 is 0. The van der Waals surface area contributed by atoms with E-state index in [4.69, 9.17) is 4.74 Å². The summed E-state index contributed by atoms with van der Waals surface area (Å²) in [7, 11) is -3.49. The molecular formula is C19H18N4O7S. The number of anilines is 1. The lowest BCUT2D eigenvalue weighted by atomic mass is 10.0. The summed E-state index contributed by atoms with van der Waals surface area (Å²) in [4.78, 5) is 38.5. The van der Waals surface area contributed by atoms with Gasteiger partial charge in [-0.15, -0.1) is 4.40 Å².